The first-order valence-corrected chi connectivity index (χ1v) is 10.2. The molecular formula is C21H28BrNO6. The minimum Gasteiger partial charge on any atom is -0.444 e. The molecule has 7 nitrogen and oxygen atoms in total. The van der Waals surface area contributed by atoms with E-state index in [0.29, 0.717) is 6.42 Å². The van der Waals surface area contributed by atoms with Crippen molar-refractivity contribution < 1.29 is 28.6 Å². The second-order valence-electron chi connectivity index (χ2n) is 8.89. The normalized spacial score (nSPS) is 19.0. The lowest BCUT2D eigenvalue weighted by atomic mass is 9.81. The van der Waals surface area contributed by atoms with Crippen LogP contribution in [0.5, 0.6) is 0 Å². The van der Waals surface area contributed by atoms with E-state index in [2.05, 4.69) is 21.2 Å². The van der Waals surface area contributed by atoms with Crippen molar-refractivity contribution in [3.8, 4) is 0 Å². The Morgan fingerprint density at radius 3 is 2.10 bits per heavy atom. The van der Waals surface area contributed by atoms with Crippen LogP contribution in [-0.2, 0) is 30.2 Å². The number of nitrogens with one attached hydrogen (secondary N) is 1. The Morgan fingerprint density at radius 1 is 1.10 bits per heavy atom. The zero-order chi connectivity index (χ0) is 22.0. The maximum Gasteiger partial charge on any atom is 0.407 e. The van der Waals surface area contributed by atoms with E-state index in [4.69, 9.17) is 14.2 Å². The highest BCUT2D eigenvalue weighted by Gasteiger charge is 2.53. The minimum atomic E-state index is -1.54. The predicted molar refractivity (Wildman–Crippen MR) is 110 cm³/mol. The number of hydrogen-bond donors (Lipinski definition) is 1. The number of rotatable bonds is 5. The summed E-state index contributed by atoms with van der Waals surface area (Å²) in [5.41, 5.74) is -1.29. The van der Waals surface area contributed by atoms with Crippen LogP contribution in [-0.4, -0.2) is 35.5 Å². The molecule has 0 aromatic heterocycles. The molecule has 8 heteroatoms. The molecule has 1 saturated heterocycles. The lowest BCUT2D eigenvalue weighted by molar-refractivity contribution is -0.250. The summed E-state index contributed by atoms with van der Waals surface area (Å²) in [5, 5.41) is 2.78. The van der Waals surface area contributed by atoms with Gasteiger partial charge in [-0.2, -0.15) is 0 Å². The Hall–Kier alpha value is -2.09. The summed E-state index contributed by atoms with van der Waals surface area (Å²) < 4.78 is 16.8. The highest BCUT2D eigenvalue weighted by atomic mass is 79.9. The van der Waals surface area contributed by atoms with Crippen LogP contribution in [0.25, 0.3) is 0 Å². The Labute approximate surface area is 179 Å². The van der Waals surface area contributed by atoms with Crippen LogP contribution in [0.15, 0.2) is 28.7 Å². The first-order valence-electron chi connectivity index (χ1n) is 9.41. The first kappa shape index (κ1) is 23.2. The van der Waals surface area contributed by atoms with Gasteiger partial charge in [0.1, 0.15) is 5.60 Å². The van der Waals surface area contributed by atoms with Crippen LogP contribution in [0.2, 0.25) is 0 Å². The molecule has 0 spiro atoms. The monoisotopic (exact) mass is 469 g/mol. The molecular weight excluding hydrogens is 442 g/mol. The number of cyclic esters (lactones) is 2. The summed E-state index contributed by atoms with van der Waals surface area (Å²) >= 11 is 3.39. The molecule has 1 amide bonds. The molecule has 0 saturated carbocycles. The van der Waals surface area contributed by atoms with Crippen LogP contribution >= 0.6 is 15.9 Å². The van der Waals surface area contributed by atoms with Crippen molar-refractivity contribution >= 4 is 34.0 Å². The van der Waals surface area contributed by atoms with E-state index >= 15 is 0 Å². The number of ether oxygens (including phenoxy) is 3. The van der Waals surface area contributed by atoms with Gasteiger partial charge in [-0.15, -0.1) is 0 Å². The predicted octanol–water partition coefficient (Wildman–Crippen LogP) is 4.12. The molecule has 0 aliphatic carbocycles. The van der Waals surface area contributed by atoms with E-state index in [1.54, 1.807) is 20.8 Å². The lowest BCUT2D eigenvalue weighted by Crippen LogP contribution is -2.55. The average Bonchev–Trinajstić information content (AvgIpc) is 2.52. The molecule has 1 fully saturated rings. The standard InChI is InChI=1S/C21H28BrNO6/c1-19(2,3)29-18(26)23-15(11-13-7-9-14(22)10-8-13)12-21(6)16(24)27-20(4,5)28-17(21)25/h7-10,15H,11-12H2,1-6H3,(H,23,26)/t15-/m1/s1. The third-order valence-electron chi connectivity index (χ3n) is 4.35. The van der Waals surface area contributed by atoms with Crippen molar-refractivity contribution in [3.05, 3.63) is 34.3 Å². The van der Waals surface area contributed by atoms with Crippen molar-refractivity contribution in [2.75, 3.05) is 0 Å². The van der Waals surface area contributed by atoms with Crippen molar-refractivity contribution in [1.82, 2.24) is 5.32 Å². The third-order valence-corrected chi connectivity index (χ3v) is 4.88. The van der Waals surface area contributed by atoms with Crippen molar-refractivity contribution in [3.63, 3.8) is 0 Å². The van der Waals surface area contributed by atoms with E-state index in [1.165, 1.54) is 20.8 Å². The molecule has 0 bridgehead atoms. The van der Waals surface area contributed by atoms with E-state index in [0.717, 1.165) is 10.0 Å². The maximum atomic E-state index is 12.6. The van der Waals surface area contributed by atoms with Crippen molar-refractivity contribution in [2.24, 2.45) is 5.41 Å². The first-order chi connectivity index (χ1) is 13.2. The molecule has 1 heterocycles. The highest BCUT2D eigenvalue weighted by Crippen LogP contribution is 2.36. The summed E-state index contributed by atoms with van der Waals surface area (Å²) in [4.78, 5) is 37.6. The van der Waals surface area contributed by atoms with Gasteiger partial charge in [0.2, 0.25) is 0 Å². The quantitative estimate of drug-likeness (QED) is 0.515. The molecule has 2 rings (SSSR count). The van der Waals surface area contributed by atoms with Crippen LogP contribution < -0.4 is 5.32 Å². The molecule has 1 aromatic carbocycles. The number of amides is 1. The molecule has 1 aliphatic rings. The summed E-state index contributed by atoms with van der Waals surface area (Å²) in [7, 11) is 0. The van der Waals surface area contributed by atoms with Gasteiger partial charge in [-0.25, -0.2) is 4.79 Å². The van der Waals surface area contributed by atoms with Gasteiger partial charge in [0.25, 0.3) is 5.79 Å². The molecule has 0 unspecified atom stereocenters. The number of hydrogen-bond acceptors (Lipinski definition) is 6. The highest BCUT2D eigenvalue weighted by molar-refractivity contribution is 9.10. The van der Waals surface area contributed by atoms with Gasteiger partial charge in [-0.3, -0.25) is 9.59 Å². The van der Waals surface area contributed by atoms with E-state index in [1.807, 2.05) is 24.3 Å². The Morgan fingerprint density at radius 2 is 1.62 bits per heavy atom. The molecule has 1 aromatic rings. The maximum absolute atomic E-state index is 12.6. The largest absolute Gasteiger partial charge is 0.444 e. The molecule has 1 aliphatic heterocycles. The number of esters is 2. The van der Waals surface area contributed by atoms with E-state index < -0.39 is 40.9 Å². The van der Waals surface area contributed by atoms with Gasteiger partial charge in [0.15, 0.2) is 5.41 Å². The smallest absolute Gasteiger partial charge is 0.407 e. The van der Waals surface area contributed by atoms with Gasteiger partial charge >= 0.3 is 18.0 Å². The van der Waals surface area contributed by atoms with E-state index in [9.17, 15) is 14.4 Å². The zero-order valence-electron chi connectivity index (χ0n) is 17.6. The fourth-order valence-corrected chi connectivity index (χ4v) is 3.25. The number of benzene rings is 1. The molecule has 0 radical (unpaired) electrons. The van der Waals surface area contributed by atoms with E-state index in [-0.39, 0.29) is 6.42 Å². The lowest BCUT2D eigenvalue weighted by Gasteiger charge is -2.39. The fourth-order valence-electron chi connectivity index (χ4n) is 2.99. The average molecular weight is 470 g/mol. The topological polar surface area (TPSA) is 90.9 Å². The Kier molecular flexibility index (Phi) is 6.67. The van der Waals surface area contributed by atoms with Crippen molar-refractivity contribution in [1.29, 1.82) is 0 Å². The second-order valence-corrected chi connectivity index (χ2v) is 9.80. The van der Waals surface area contributed by atoms with Gasteiger partial charge in [0, 0.05) is 24.4 Å². The fraction of sp³-hybridized carbons (Fsp3) is 0.571. The number of carbonyl (C=O) groups excluding carboxylic acids is 3. The zero-order valence-corrected chi connectivity index (χ0v) is 19.2. The van der Waals surface area contributed by atoms with Gasteiger partial charge in [-0.1, -0.05) is 28.1 Å². The molecule has 1 atom stereocenters. The van der Waals surface area contributed by atoms with Crippen LogP contribution in [0.3, 0.4) is 0 Å². The second kappa shape index (κ2) is 8.34. The Balaban J connectivity index is 2.24. The number of halogens is 1. The van der Waals surface area contributed by atoms with Crippen LogP contribution in [0, 0.1) is 5.41 Å². The SMILES string of the molecule is CC(C)(C)OC(=O)N[C@H](Cc1ccc(Br)cc1)CC1(C)C(=O)OC(C)(C)OC1=O. The van der Waals surface area contributed by atoms with Crippen LogP contribution in [0.1, 0.15) is 53.5 Å². The number of carbonyl (C=O) groups is 3. The molecule has 160 valence electrons. The molecule has 29 heavy (non-hydrogen) atoms. The molecule has 1 N–H and O–H groups in total. The summed E-state index contributed by atoms with van der Waals surface area (Å²) in [6.07, 6.45) is -0.219. The third kappa shape index (κ3) is 6.45. The summed E-state index contributed by atoms with van der Waals surface area (Å²) in [5.74, 6) is -2.66. The number of alkyl carbamates (subject to hydrolysis) is 1. The Bertz CT molecular complexity index is 761. The van der Waals surface area contributed by atoms with Crippen LogP contribution in [0.4, 0.5) is 4.79 Å². The minimum absolute atomic E-state index is 0.00997. The summed E-state index contributed by atoms with van der Waals surface area (Å²) in [6.45, 7) is 9.75. The van der Waals surface area contributed by atoms with Crippen molar-refractivity contribution in [2.45, 2.75) is 71.8 Å². The van der Waals surface area contributed by atoms with Gasteiger partial charge in [-0.05, 0) is 58.2 Å². The van der Waals surface area contributed by atoms with Gasteiger partial charge < -0.3 is 19.5 Å². The summed E-state index contributed by atoms with van der Waals surface area (Å²) in [6, 6.07) is 7.01. The van der Waals surface area contributed by atoms with Gasteiger partial charge in [0.05, 0.1) is 0 Å².